The maximum atomic E-state index is 6.12. The highest BCUT2D eigenvalue weighted by molar-refractivity contribution is 7.99. The summed E-state index contributed by atoms with van der Waals surface area (Å²) in [6.07, 6.45) is 2.05. The molecule has 0 saturated carbocycles. The highest BCUT2D eigenvalue weighted by Crippen LogP contribution is 2.25. The molecule has 1 rings (SSSR count). The van der Waals surface area contributed by atoms with Gasteiger partial charge < -0.3 is 5.73 Å². The summed E-state index contributed by atoms with van der Waals surface area (Å²) < 4.78 is 0. The molecule has 14 heavy (non-hydrogen) atoms. The average Bonchev–Trinajstić information content (AvgIpc) is 2.19. The number of nitrogens with two attached hydrogens (primary N) is 1. The van der Waals surface area contributed by atoms with Crippen LogP contribution in [0.25, 0.3) is 0 Å². The van der Waals surface area contributed by atoms with E-state index in [0.717, 1.165) is 22.8 Å². The predicted octanol–water partition coefficient (Wildman–Crippen LogP) is 3.34. The second-order valence-electron chi connectivity index (χ2n) is 3.14. The Morgan fingerprint density at radius 1 is 1.43 bits per heavy atom. The predicted molar refractivity (Wildman–Crippen MR) is 65.2 cm³/mol. The molecule has 0 radical (unpaired) electrons. The van der Waals surface area contributed by atoms with Gasteiger partial charge in [-0.05, 0) is 42.8 Å². The third-order valence-electron chi connectivity index (χ3n) is 1.91. The molecule has 0 saturated heterocycles. The second-order valence-corrected chi connectivity index (χ2v) is 4.72. The van der Waals surface area contributed by atoms with E-state index in [1.165, 1.54) is 11.3 Å². The van der Waals surface area contributed by atoms with Gasteiger partial charge in [0.1, 0.15) is 0 Å². The topological polar surface area (TPSA) is 26.0 Å². The molecule has 78 valence electrons. The number of thioether (sulfide) groups is 1. The van der Waals surface area contributed by atoms with E-state index in [1.807, 2.05) is 17.8 Å². The standard InChI is InChI=1S/C11H16ClNS/c1-2-7-14-10-4-3-9(5-6-13)11(12)8-10/h3-4,8H,2,5-7,13H2,1H3. The molecular weight excluding hydrogens is 214 g/mol. The normalized spacial score (nSPS) is 10.5. The number of rotatable bonds is 5. The lowest BCUT2D eigenvalue weighted by atomic mass is 10.1. The van der Waals surface area contributed by atoms with Gasteiger partial charge >= 0.3 is 0 Å². The molecule has 0 aromatic heterocycles. The summed E-state index contributed by atoms with van der Waals surface area (Å²) in [4.78, 5) is 1.25. The Morgan fingerprint density at radius 3 is 2.79 bits per heavy atom. The molecule has 0 aliphatic carbocycles. The molecule has 0 unspecified atom stereocenters. The van der Waals surface area contributed by atoms with Crippen molar-refractivity contribution in [1.29, 1.82) is 0 Å². The van der Waals surface area contributed by atoms with Crippen LogP contribution in [0.4, 0.5) is 0 Å². The zero-order chi connectivity index (χ0) is 10.4. The Morgan fingerprint density at radius 2 is 2.21 bits per heavy atom. The maximum absolute atomic E-state index is 6.12. The maximum Gasteiger partial charge on any atom is 0.0449 e. The summed E-state index contributed by atoms with van der Waals surface area (Å²) in [5.74, 6) is 1.15. The fraction of sp³-hybridized carbons (Fsp3) is 0.455. The summed E-state index contributed by atoms with van der Waals surface area (Å²) >= 11 is 7.96. The molecule has 2 N–H and O–H groups in total. The van der Waals surface area contributed by atoms with Gasteiger partial charge in [-0.3, -0.25) is 0 Å². The summed E-state index contributed by atoms with van der Waals surface area (Å²) in [6.45, 7) is 2.83. The van der Waals surface area contributed by atoms with Crippen molar-refractivity contribution in [2.45, 2.75) is 24.7 Å². The minimum absolute atomic E-state index is 0.654. The molecule has 1 nitrogen and oxygen atoms in total. The fourth-order valence-corrected chi connectivity index (χ4v) is 2.34. The van der Waals surface area contributed by atoms with E-state index in [4.69, 9.17) is 17.3 Å². The molecular formula is C11H16ClNS. The van der Waals surface area contributed by atoms with Crippen LogP contribution < -0.4 is 5.73 Å². The van der Waals surface area contributed by atoms with Gasteiger partial charge in [0.05, 0.1) is 0 Å². The Labute approximate surface area is 95.0 Å². The van der Waals surface area contributed by atoms with Gasteiger partial charge in [-0.1, -0.05) is 24.6 Å². The first-order valence-corrected chi connectivity index (χ1v) is 6.25. The monoisotopic (exact) mass is 229 g/mol. The smallest absolute Gasteiger partial charge is 0.0449 e. The average molecular weight is 230 g/mol. The Bertz CT molecular complexity index is 289. The van der Waals surface area contributed by atoms with Crippen molar-refractivity contribution in [3.63, 3.8) is 0 Å². The van der Waals surface area contributed by atoms with Gasteiger partial charge in [0.15, 0.2) is 0 Å². The summed E-state index contributed by atoms with van der Waals surface area (Å²) in [5, 5.41) is 0.844. The molecule has 0 aliphatic rings. The Kier molecular flexibility index (Phi) is 5.38. The van der Waals surface area contributed by atoms with Crippen LogP contribution in [0.5, 0.6) is 0 Å². The number of hydrogen-bond acceptors (Lipinski definition) is 2. The van der Waals surface area contributed by atoms with Crippen LogP contribution in [0.15, 0.2) is 23.1 Å². The first-order valence-electron chi connectivity index (χ1n) is 4.89. The largest absolute Gasteiger partial charge is 0.330 e. The van der Waals surface area contributed by atoms with E-state index < -0.39 is 0 Å². The molecule has 0 amide bonds. The lowest BCUT2D eigenvalue weighted by Crippen LogP contribution is -2.02. The Balaban J connectivity index is 2.68. The summed E-state index contributed by atoms with van der Waals surface area (Å²) in [6, 6.07) is 6.23. The van der Waals surface area contributed by atoms with E-state index in [0.29, 0.717) is 6.54 Å². The van der Waals surface area contributed by atoms with Gasteiger partial charge in [-0.2, -0.15) is 0 Å². The molecule has 3 heteroatoms. The van der Waals surface area contributed by atoms with Gasteiger partial charge in [-0.25, -0.2) is 0 Å². The van der Waals surface area contributed by atoms with Crippen LogP contribution in [0.3, 0.4) is 0 Å². The first kappa shape index (κ1) is 11.9. The highest BCUT2D eigenvalue weighted by Gasteiger charge is 2.01. The van der Waals surface area contributed by atoms with Gasteiger partial charge in [-0.15, -0.1) is 11.8 Å². The molecule has 0 aliphatic heterocycles. The third kappa shape index (κ3) is 3.52. The van der Waals surface area contributed by atoms with Crippen LogP contribution in [0.1, 0.15) is 18.9 Å². The lowest BCUT2D eigenvalue weighted by molar-refractivity contribution is 0.966. The van der Waals surface area contributed by atoms with Crippen LogP contribution in [-0.2, 0) is 6.42 Å². The molecule has 0 spiro atoms. The van der Waals surface area contributed by atoms with Gasteiger partial charge in [0, 0.05) is 9.92 Å². The van der Waals surface area contributed by atoms with Crippen LogP contribution in [-0.4, -0.2) is 12.3 Å². The highest BCUT2D eigenvalue weighted by atomic mass is 35.5. The van der Waals surface area contributed by atoms with Crippen molar-refractivity contribution in [3.05, 3.63) is 28.8 Å². The van der Waals surface area contributed by atoms with E-state index in [2.05, 4.69) is 19.1 Å². The number of hydrogen-bond donors (Lipinski definition) is 1. The van der Waals surface area contributed by atoms with Crippen molar-refractivity contribution in [2.75, 3.05) is 12.3 Å². The fourth-order valence-electron chi connectivity index (χ4n) is 1.20. The zero-order valence-corrected chi connectivity index (χ0v) is 10.00. The summed E-state index contributed by atoms with van der Waals surface area (Å²) in [5.41, 5.74) is 6.63. The number of benzene rings is 1. The van der Waals surface area contributed by atoms with E-state index in [1.54, 1.807) is 0 Å². The second kappa shape index (κ2) is 6.33. The quantitative estimate of drug-likeness (QED) is 0.784. The Hall–Kier alpha value is -0.180. The molecule has 1 aromatic carbocycles. The number of halogens is 1. The first-order chi connectivity index (χ1) is 6.77. The van der Waals surface area contributed by atoms with Gasteiger partial charge in [0.25, 0.3) is 0 Å². The van der Waals surface area contributed by atoms with Crippen LogP contribution >= 0.6 is 23.4 Å². The van der Waals surface area contributed by atoms with Crippen LogP contribution in [0.2, 0.25) is 5.02 Å². The lowest BCUT2D eigenvalue weighted by Gasteiger charge is -2.05. The molecule has 1 aromatic rings. The minimum atomic E-state index is 0.654. The molecule has 0 bridgehead atoms. The van der Waals surface area contributed by atoms with Crippen molar-refractivity contribution in [1.82, 2.24) is 0 Å². The van der Waals surface area contributed by atoms with E-state index in [9.17, 15) is 0 Å². The molecule has 0 fully saturated rings. The van der Waals surface area contributed by atoms with Gasteiger partial charge in [0.2, 0.25) is 0 Å². The van der Waals surface area contributed by atoms with Crippen molar-refractivity contribution in [3.8, 4) is 0 Å². The summed E-state index contributed by atoms with van der Waals surface area (Å²) in [7, 11) is 0. The van der Waals surface area contributed by atoms with Crippen LogP contribution in [0, 0.1) is 0 Å². The van der Waals surface area contributed by atoms with Crippen molar-refractivity contribution < 1.29 is 0 Å². The van der Waals surface area contributed by atoms with Crippen molar-refractivity contribution in [2.24, 2.45) is 5.73 Å². The minimum Gasteiger partial charge on any atom is -0.330 e. The van der Waals surface area contributed by atoms with E-state index >= 15 is 0 Å². The zero-order valence-electron chi connectivity index (χ0n) is 8.42. The molecule has 0 heterocycles. The third-order valence-corrected chi connectivity index (χ3v) is 3.46. The van der Waals surface area contributed by atoms with Crippen molar-refractivity contribution >= 4 is 23.4 Å². The molecule has 0 atom stereocenters. The SMILES string of the molecule is CCCSc1ccc(CCN)c(Cl)c1. The van der Waals surface area contributed by atoms with E-state index in [-0.39, 0.29) is 0 Å².